The lowest BCUT2D eigenvalue weighted by atomic mass is 10.1. The van der Waals surface area contributed by atoms with Crippen LogP contribution in [0.2, 0.25) is 0 Å². The molecule has 3 N–H and O–H groups in total. The maximum atomic E-state index is 13.5. The van der Waals surface area contributed by atoms with Crippen LogP contribution < -0.4 is 5.73 Å². The summed E-state index contributed by atoms with van der Waals surface area (Å²) in [6.07, 6.45) is 0. The summed E-state index contributed by atoms with van der Waals surface area (Å²) in [6, 6.07) is 3.23. The van der Waals surface area contributed by atoms with Gasteiger partial charge >= 0.3 is 0 Å². The molecule has 112 valence electrons. The second-order valence-electron chi connectivity index (χ2n) is 4.95. The number of likely N-dealkylation sites (N-methyl/N-ethyl adjacent to an activating group) is 1. The Balaban J connectivity index is 3.37. The van der Waals surface area contributed by atoms with Crippen molar-refractivity contribution < 1.29 is 17.9 Å². The van der Waals surface area contributed by atoms with E-state index in [1.807, 2.05) is 0 Å². The molecule has 0 aliphatic rings. The van der Waals surface area contributed by atoms with Gasteiger partial charge in [0.1, 0.15) is 10.8 Å². The van der Waals surface area contributed by atoms with Gasteiger partial charge in [0.15, 0.2) is 0 Å². The molecule has 5 nitrogen and oxygen atoms in total. The lowest BCUT2D eigenvalue weighted by Gasteiger charge is -2.32. The molecule has 0 aromatic heterocycles. The van der Waals surface area contributed by atoms with Gasteiger partial charge in [0.2, 0.25) is 10.0 Å². The maximum Gasteiger partial charge on any atom is 0.243 e. The van der Waals surface area contributed by atoms with E-state index in [4.69, 9.17) is 5.73 Å². The smallest absolute Gasteiger partial charge is 0.243 e. The number of nitrogens with zero attached hydrogens (tertiary/aromatic N) is 1. The predicted octanol–water partition coefficient (Wildman–Crippen LogP) is 0.851. The van der Waals surface area contributed by atoms with E-state index in [0.29, 0.717) is 0 Å². The highest BCUT2D eigenvalue weighted by molar-refractivity contribution is 7.89. The summed E-state index contributed by atoms with van der Waals surface area (Å²) in [5.74, 6) is -0.680. The van der Waals surface area contributed by atoms with E-state index in [9.17, 15) is 17.9 Å². The molecule has 20 heavy (non-hydrogen) atoms. The van der Waals surface area contributed by atoms with E-state index in [1.54, 1.807) is 13.8 Å². The van der Waals surface area contributed by atoms with Gasteiger partial charge in [0, 0.05) is 12.6 Å². The number of rotatable bonds is 5. The van der Waals surface area contributed by atoms with Crippen LogP contribution >= 0.6 is 12.2 Å². The Bertz CT molecular complexity index is 630. The zero-order valence-electron chi connectivity index (χ0n) is 11.4. The Kier molecular flexibility index (Phi) is 4.86. The standard InChI is InChI=1S/C12H17FN2O3S2/c1-12(2,7-16)15(3)20(17,18)8-4-5-10(13)9(6-8)11(14)19/h4-6,16H,7H2,1-3H3,(H2,14,19). The Morgan fingerprint density at radius 3 is 2.50 bits per heavy atom. The molecule has 0 aliphatic heterocycles. The summed E-state index contributed by atoms with van der Waals surface area (Å²) in [6.45, 7) is 2.79. The second kappa shape index (κ2) is 5.72. The van der Waals surface area contributed by atoms with E-state index in [1.165, 1.54) is 7.05 Å². The summed E-state index contributed by atoms with van der Waals surface area (Å²) in [5.41, 5.74) is 4.24. The van der Waals surface area contributed by atoms with Crippen molar-refractivity contribution in [1.82, 2.24) is 4.31 Å². The summed E-state index contributed by atoms with van der Waals surface area (Å²) in [5, 5.41) is 9.25. The number of hydrogen-bond donors (Lipinski definition) is 2. The SMILES string of the molecule is CN(C(C)(C)CO)S(=O)(=O)c1ccc(F)c(C(N)=S)c1. The van der Waals surface area contributed by atoms with E-state index >= 15 is 0 Å². The highest BCUT2D eigenvalue weighted by Crippen LogP contribution is 2.24. The quantitative estimate of drug-likeness (QED) is 0.786. The molecule has 1 aromatic carbocycles. The first-order valence-electron chi connectivity index (χ1n) is 5.73. The molecule has 0 spiro atoms. The molecular weight excluding hydrogens is 303 g/mol. The normalized spacial score (nSPS) is 12.7. The summed E-state index contributed by atoms with van der Waals surface area (Å²) < 4.78 is 39.4. The highest BCUT2D eigenvalue weighted by atomic mass is 32.2. The van der Waals surface area contributed by atoms with Crippen molar-refractivity contribution in [1.29, 1.82) is 0 Å². The average molecular weight is 320 g/mol. The largest absolute Gasteiger partial charge is 0.394 e. The summed E-state index contributed by atoms with van der Waals surface area (Å²) in [7, 11) is -2.55. The van der Waals surface area contributed by atoms with Crippen LogP contribution in [0, 0.1) is 5.82 Å². The Morgan fingerprint density at radius 1 is 1.50 bits per heavy atom. The molecule has 8 heteroatoms. The number of nitrogens with two attached hydrogens (primary N) is 1. The van der Waals surface area contributed by atoms with Crippen molar-refractivity contribution in [3.05, 3.63) is 29.6 Å². The molecule has 1 rings (SSSR count). The Morgan fingerprint density at radius 2 is 2.05 bits per heavy atom. The Hall–Kier alpha value is -1.09. The third-order valence-corrected chi connectivity index (χ3v) is 5.39. The van der Waals surface area contributed by atoms with E-state index < -0.39 is 21.4 Å². The molecule has 1 aromatic rings. The van der Waals surface area contributed by atoms with Gasteiger partial charge in [-0.2, -0.15) is 4.31 Å². The predicted molar refractivity (Wildman–Crippen MR) is 78.4 cm³/mol. The maximum absolute atomic E-state index is 13.5. The van der Waals surface area contributed by atoms with Crippen LogP contribution in [0.3, 0.4) is 0 Å². The minimum Gasteiger partial charge on any atom is -0.394 e. The highest BCUT2D eigenvalue weighted by Gasteiger charge is 2.33. The summed E-state index contributed by atoms with van der Waals surface area (Å²) >= 11 is 4.68. The van der Waals surface area contributed by atoms with Crippen molar-refractivity contribution >= 4 is 27.2 Å². The van der Waals surface area contributed by atoms with Gasteiger partial charge in [0.05, 0.1) is 17.0 Å². The van der Waals surface area contributed by atoms with Gasteiger partial charge in [-0.1, -0.05) is 12.2 Å². The zero-order chi connectivity index (χ0) is 15.7. The number of aliphatic hydroxyl groups is 1. The fourth-order valence-corrected chi connectivity index (χ4v) is 3.12. The molecule has 0 amide bonds. The molecule has 0 unspecified atom stereocenters. The lowest BCUT2D eigenvalue weighted by molar-refractivity contribution is 0.138. The molecule has 0 saturated carbocycles. The van der Waals surface area contributed by atoms with Crippen molar-refractivity contribution in [3.63, 3.8) is 0 Å². The van der Waals surface area contributed by atoms with Crippen LogP contribution in [0.5, 0.6) is 0 Å². The molecule has 0 radical (unpaired) electrons. The topological polar surface area (TPSA) is 83.6 Å². The van der Waals surface area contributed by atoms with Gasteiger partial charge in [-0.15, -0.1) is 0 Å². The van der Waals surface area contributed by atoms with Gasteiger partial charge in [-0.25, -0.2) is 12.8 Å². The second-order valence-corrected chi connectivity index (χ2v) is 7.36. The van der Waals surface area contributed by atoms with E-state index in [2.05, 4.69) is 12.2 Å². The molecule has 0 saturated heterocycles. The van der Waals surface area contributed by atoms with Gasteiger partial charge in [-0.05, 0) is 32.0 Å². The van der Waals surface area contributed by atoms with Crippen LogP contribution in [0.15, 0.2) is 23.1 Å². The number of aliphatic hydroxyl groups excluding tert-OH is 1. The fourth-order valence-electron chi connectivity index (χ4n) is 1.44. The first-order chi connectivity index (χ1) is 9.04. The fraction of sp³-hybridized carbons (Fsp3) is 0.417. The monoisotopic (exact) mass is 320 g/mol. The van der Waals surface area contributed by atoms with Crippen LogP contribution in [0.25, 0.3) is 0 Å². The van der Waals surface area contributed by atoms with Gasteiger partial charge in [-0.3, -0.25) is 0 Å². The minimum atomic E-state index is -3.89. The third-order valence-electron chi connectivity index (χ3n) is 3.10. The molecule has 0 fully saturated rings. The number of hydrogen-bond acceptors (Lipinski definition) is 4. The molecule has 0 heterocycles. The number of thiocarbonyl (C=S) groups is 1. The average Bonchev–Trinajstić information content (AvgIpc) is 2.37. The van der Waals surface area contributed by atoms with Crippen molar-refractivity contribution in [2.75, 3.05) is 13.7 Å². The first-order valence-corrected chi connectivity index (χ1v) is 7.58. The van der Waals surface area contributed by atoms with Crippen LogP contribution in [-0.2, 0) is 10.0 Å². The molecule has 0 atom stereocenters. The molecule has 0 aliphatic carbocycles. The van der Waals surface area contributed by atoms with Crippen molar-refractivity contribution in [2.24, 2.45) is 5.73 Å². The van der Waals surface area contributed by atoms with Crippen LogP contribution in [0.4, 0.5) is 4.39 Å². The minimum absolute atomic E-state index is 0.128. The van der Waals surface area contributed by atoms with Gasteiger partial charge < -0.3 is 10.8 Å². The van der Waals surface area contributed by atoms with Gasteiger partial charge in [0.25, 0.3) is 0 Å². The number of halogens is 1. The Labute approximate surface area is 123 Å². The first kappa shape index (κ1) is 17.0. The number of benzene rings is 1. The van der Waals surface area contributed by atoms with E-state index in [-0.39, 0.29) is 22.1 Å². The van der Waals surface area contributed by atoms with Crippen LogP contribution in [0.1, 0.15) is 19.4 Å². The van der Waals surface area contributed by atoms with Crippen molar-refractivity contribution in [3.8, 4) is 0 Å². The van der Waals surface area contributed by atoms with Crippen molar-refractivity contribution in [2.45, 2.75) is 24.3 Å². The molecule has 0 bridgehead atoms. The number of sulfonamides is 1. The zero-order valence-corrected chi connectivity index (χ0v) is 13.1. The molecular formula is C12H17FN2O3S2. The van der Waals surface area contributed by atoms with Crippen LogP contribution in [-0.4, -0.2) is 42.0 Å². The summed E-state index contributed by atoms with van der Waals surface area (Å²) in [4.78, 5) is -0.352. The third kappa shape index (κ3) is 3.14. The van der Waals surface area contributed by atoms with E-state index in [0.717, 1.165) is 22.5 Å². The lowest BCUT2D eigenvalue weighted by Crippen LogP contribution is -2.47.